The van der Waals surface area contributed by atoms with Gasteiger partial charge in [0.05, 0.1) is 20.9 Å². The topological polar surface area (TPSA) is 38.9 Å². The van der Waals surface area contributed by atoms with Crippen LogP contribution in [0, 0.1) is 0 Å². The summed E-state index contributed by atoms with van der Waals surface area (Å²) in [7, 11) is 0. The maximum Gasteiger partial charge on any atom is 0.0964 e. The molecule has 2 rings (SSSR count). The van der Waals surface area contributed by atoms with Crippen molar-refractivity contribution in [1.82, 2.24) is 4.98 Å². The Morgan fingerprint density at radius 2 is 2.15 bits per heavy atom. The number of fused-ring (bicyclic) bond motifs is 1. The van der Waals surface area contributed by atoms with Crippen LogP contribution in [0.25, 0.3) is 10.2 Å². The molecule has 3 heteroatoms. The van der Waals surface area contributed by atoms with Crippen LogP contribution in [0.2, 0.25) is 0 Å². The lowest BCUT2D eigenvalue weighted by atomic mass is 10.2. The summed E-state index contributed by atoms with van der Waals surface area (Å²) in [6.07, 6.45) is 0. The van der Waals surface area contributed by atoms with Gasteiger partial charge < -0.3 is 5.73 Å². The molecule has 2 N–H and O–H groups in total. The third-order valence-electron chi connectivity index (χ3n) is 1.96. The molecule has 1 aromatic carbocycles. The molecule has 0 aliphatic carbocycles. The molecule has 1 aromatic heterocycles. The number of nitrogen functional groups attached to an aromatic ring is 1. The Morgan fingerprint density at radius 1 is 1.38 bits per heavy atom. The zero-order chi connectivity index (χ0) is 9.42. The largest absolute Gasteiger partial charge is 0.398 e. The molecule has 13 heavy (non-hydrogen) atoms. The Hall–Kier alpha value is -1.09. The molecule has 0 saturated carbocycles. The fraction of sp³-hybridized carbons (Fsp3) is 0.300. The van der Waals surface area contributed by atoms with Gasteiger partial charge in [0.2, 0.25) is 0 Å². The van der Waals surface area contributed by atoms with Crippen molar-refractivity contribution in [3.8, 4) is 0 Å². The zero-order valence-corrected chi connectivity index (χ0v) is 8.56. The highest BCUT2D eigenvalue weighted by atomic mass is 32.1. The van der Waals surface area contributed by atoms with Crippen LogP contribution in [-0.2, 0) is 0 Å². The van der Waals surface area contributed by atoms with E-state index >= 15 is 0 Å². The first-order valence-corrected chi connectivity index (χ1v) is 5.15. The highest BCUT2D eigenvalue weighted by Crippen LogP contribution is 2.30. The van der Waals surface area contributed by atoms with E-state index in [4.69, 9.17) is 5.73 Å². The van der Waals surface area contributed by atoms with Gasteiger partial charge >= 0.3 is 0 Å². The smallest absolute Gasteiger partial charge is 0.0964 e. The summed E-state index contributed by atoms with van der Waals surface area (Å²) in [4.78, 5) is 4.51. The molecule has 2 aromatic rings. The van der Waals surface area contributed by atoms with Crippen molar-refractivity contribution in [1.29, 1.82) is 0 Å². The minimum Gasteiger partial charge on any atom is -0.398 e. The average molecular weight is 192 g/mol. The SMILES string of the molecule is CC(C)c1nc2cccc(N)c2s1. The van der Waals surface area contributed by atoms with Gasteiger partial charge in [-0.1, -0.05) is 19.9 Å². The van der Waals surface area contributed by atoms with E-state index in [1.165, 1.54) is 0 Å². The van der Waals surface area contributed by atoms with E-state index in [1.54, 1.807) is 11.3 Å². The molecule has 0 aliphatic rings. The van der Waals surface area contributed by atoms with Crippen molar-refractivity contribution in [3.63, 3.8) is 0 Å². The Labute approximate surface area is 81.4 Å². The molecule has 0 radical (unpaired) electrons. The number of rotatable bonds is 1. The molecule has 68 valence electrons. The van der Waals surface area contributed by atoms with Crippen LogP contribution >= 0.6 is 11.3 Å². The van der Waals surface area contributed by atoms with Crippen molar-refractivity contribution >= 4 is 27.2 Å². The maximum atomic E-state index is 5.84. The first-order chi connectivity index (χ1) is 6.18. The second kappa shape index (κ2) is 3.00. The molecule has 1 heterocycles. The fourth-order valence-corrected chi connectivity index (χ4v) is 2.23. The van der Waals surface area contributed by atoms with Gasteiger partial charge in [-0.3, -0.25) is 0 Å². The van der Waals surface area contributed by atoms with Crippen molar-refractivity contribution in [2.75, 3.05) is 5.73 Å². The minimum atomic E-state index is 0.483. The van der Waals surface area contributed by atoms with Crippen LogP contribution in [0.3, 0.4) is 0 Å². The van der Waals surface area contributed by atoms with Crippen molar-refractivity contribution in [3.05, 3.63) is 23.2 Å². The van der Waals surface area contributed by atoms with Crippen molar-refractivity contribution in [2.45, 2.75) is 19.8 Å². The third-order valence-corrected chi connectivity index (χ3v) is 3.38. The van der Waals surface area contributed by atoms with Gasteiger partial charge in [-0.15, -0.1) is 11.3 Å². The van der Waals surface area contributed by atoms with E-state index < -0.39 is 0 Å². The van der Waals surface area contributed by atoms with Gasteiger partial charge in [0.25, 0.3) is 0 Å². The first-order valence-electron chi connectivity index (χ1n) is 4.33. The number of nitrogens with two attached hydrogens (primary N) is 1. The van der Waals surface area contributed by atoms with E-state index in [0.717, 1.165) is 20.9 Å². The lowest BCUT2D eigenvalue weighted by Gasteiger charge is -1.94. The zero-order valence-electron chi connectivity index (χ0n) is 7.74. The van der Waals surface area contributed by atoms with E-state index in [1.807, 2.05) is 18.2 Å². The van der Waals surface area contributed by atoms with Gasteiger partial charge in [-0.25, -0.2) is 4.98 Å². The lowest BCUT2D eigenvalue weighted by Crippen LogP contribution is -1.83. The van der Waals surface area contributed by atoms with Crippen LogP contribution in [0.5, 0.6) is 0 Å². The number of aromatic nitrogens is 1. The molecule has 0 amide bonds. The quantitative estimate of drug-likeness (QED) is 0.705. The van der Waals surface area contributed by atoms with Gasteiger partial charge in [0, 0.05) is 5.92 Å². The molecule has 0 unspecified atom stereocenters. The number of hydrogen-bond donors (Lipinski definition) is 1. The molecule has 0 bridgehead atoms. The maximum absolute atomic E-state index is 5.84. The Bertz CT molecular complexity index is 431. The first kappa shape index (κ1) is 8.51. The molecular formula is C10H12N2S. The minimum absolute atomic E-state index is 0.483. The fourth-order valence-electron chi connectivity index (χ4n) is 1.23. The molecule has 0 fully saturated rings. The Kier molecular flexibility index (Phi) is 1.96. The number of anilines is 1. The van der Waals surface area contributed by atoms with Crippen LogP contribution in [0.1, 0.15) is 24.8 Å². The molecule has 0 spiro atoms. The predicted molar refractivity (Wildman–Crippen MR) is 58.1 cm³/mol. The highest BCUT2D eigenvalue weighted by Gasteiger charge is 2.08. The number of benzene rings is 1. The summed E-state index contributed by atoms with van der Waals surface area (Å²) in [5.74, 6) is 0.483. The van der Waals surface area contributed by atoms with Gasteiger partial charge in [-0.05, 0) is 12.1 Å². The van der Waals surface area contributed by atoms with Crippen LogP contribution in [0.15, 0.2) is 18.2 Å². The number of hydrogen-bond acceptors (Lipinski definition) is 3. The van der Waals surface area contributed by atoms with E-state index in [0.29, 0.717) is 5.92 Å². The normalized spacial score (nSPS) is 11.3. The number of nitrogens with zero attached hydrogens (tertiary/aromatic N) is 1. The summed E-state index contributed by atoms with van der Waals surface area (Å²) < 4.78 is 1.12. The second-order valence-corrected chi connectivity index (χ2v) is 4.43. The molecule has 0 atom stereocenters. The monoisotopic (exact) mass is 192 g/mol. The van der Waals surface area contributed by atoms with E-state index in [9.17, 15) is 0 Å². The summed E-state index contributed by atoms with van der Waals surface area (Å²) in [5, 5.41) is 1.16. The highest BCUT2D eigenvalue weighted by molar-refractivity contribution is 7.19. The Balaban J connectivity index is 2.68. The molecule has 0 aliphatic heterocycles. The van der Waals surface area contributed by atoms with Gasteiger partial charge in [0.1, 0.15) is 0 Å². The molecule has 2 nitrogen and oxygen atoms in total. The summed E-state index contributed by atoms with van der Waals surface area (Å²) in [5.41, 5.74) is 7.70. The summed E-state index contributed by atoms with van der Waals surface area (Å²) in [6, 6.07) is 5.88. The molecule has 0 saturated heterocycles. The van der Waals surface area contributed by atoms with Gasteiger partial charge in [-0.2, -0.15) is 0 Å². The summed E-state index contributed by atoms with van der Waals surface area (Å²) >= 11 is 1.70. The predicted octanol–water partition coefficient (Wildman–Crippen LogP) is 3.00. The van der Waals surface area contributed by atoms with Crippen molar-refractivity contribution in [2.24, 2.45) is 0 Å². The van der Waals surface area contributed by atoms with Crippen LogP contribution in [-0.4, -0.2) is 4.98 Å². The second-order valence-electron chi connectivity index (χ2n) is 3.40. The van der Waals surface area contributed by atoms with Crippen LogP contribution < -0.4 is 5.73 Å². The van der Waals surface area contributed by atoms with E-state index in [-0.39, 0.29) is 0 Å². The van der Waals surface area contributed by atoms with Gasteiger partial charge in [0.15, 0.2) is 0 Å². The summed E-state index contributed by atoms with van der Waals surface area (Å²) in [6.45, 7) is 4.29. The molecular weight excluding hydrogens is 180 g/mol. The third kappa shape index (κ3) is 1.40. The number of thiazole rings is 1. The average Bonchev–Trinajstić information content (AvgIpc) is 2.49. The standard InChI is InChI=1S/C10H12N2S/c1-6(2)10-12-8-5-3-4-7(11)9(8)13-10/h3-6H,11H2,1-2H3. The van der Waals surface area contributed by atoms with Crippen LogP contribution in [0.4, 0.5) is 5.69 Å². The van der Waals surface area contributed by atoms with Crippen molar-refractivity contribution < 1.29 is 0 Å². The van der Waals surface area contributed by atoms with E-state index in [2.05, 4.69) is 18.8 Å². The lowest BCUT2D eigenvalue weighted by molar-refractivity contribution is 0.857. The Morgan fingerprint density at radius 3 is 2.77 bits per heavy atom.